The van der Waals surface area contributed by atoms with E-state index in [1.807, 2.05) is 31.6 Å². The summed E-state index contributed by atoms with van der Waals surface area (Å²) in [7, 11) is 1.92. The molecule has 0 bridgehead atoms. The largest absolute Gasteiger partial charge is 0.394 e. The Labute approximate surface area is 133 Å². The van der Waals surface area contributed by atoms with Gasteiger partial charge in [-0.1, -0.05) is 18.2 Å². The van der Waals surface area contributed by atoms with Gasteiger partial charge in [0.05, 0.1) is 0 Å². The Morgan fingerprint density at radius 2 is 2.27 bits per heavy atom. The summed E-state index contributed by atoms with van der Waals surface area (Å²) < 4.78 is 0. The maximum atomic E-state index is 5.87. The molecule has 4 heteroatoms. The van der Waals surface area contributed by atoms with Gasteiger partial charge in [-0.05, 0) is 60.7 Å². The van der Waals surface area contributed by atoms with E-state index in [0.717, 1.165) is 18.5 Å². The molecular formula is C18H26N4. The molecule has 0 aliphatic heterocycles. The van der Waals surface area contributed by atoms with E-state index < -0.39 is 0 Å². The molecule has 1 aromatic rings. The minimum Gasteiger partial charge on any atom is -0.394 e. The second-order valence-corrected chi connectivity index (χ2v) is 5.66. The molecule has 2 rings (SSSR count). The lowest BCUT2D eigenvalue weighted by atomic mass is 9.91. The summed E-state index contributed by atoms with van der Waals surface area (Å²) in [5.74, 6) is 1.10. The smallest absolute Gasteiger partial charge is 0.0346 e. The Hall–Kier alpha value is -1.91. The predicted octanol–water partition coefficient (Wildman–Crippen LogP) is 2.07. The van der Waals surface area contributed by atoms with Crippen LogP contribution in [0.5, 0.6) is 0 Å². The first kappa shape index (κ1) is 16.5. The second kappa shape index (κ2) is 7.92. The number of rotatable bonds is 7. The van der Waals surface area contributed by atoms with Crippen LogP contribution in [-0.2, 0) is 0 Å². The summed E-state index contributed by atoms with van der Waals surface area (Å²) in [6, 6.07) is 4.06. The third-order valence-corrected chi connectivity index (χ3v) is 4.07. The van der Waals surface area contributed by atoms with Crippen molar-refractivity contribution in [3.05, 3.63) is 59.6 Å². The molecule has 1 saturated carbocycles. The molecule has 2 unspecified atom stereocenters. The quantitative estimate of drug-likeness (QED) is 0.674. The van der Waals surface area contributed by atoms with Crippen molar-refractivity contribution >= 4 is 5.57 Å². The fraction of sp³-hybridized carbons (Fsp3) is 0.389. The number of nitrogens with two attached hydrogens (primary N) is 2. The Morgan fingerprint density at radius 1 is 1.45 bits per heavy atom. The molecule has 0 aromatic carbocycles. The molecule has 2 atom stereocenters. The predicted molar refractivity (Wildman–Crippen MR) is 92.8 cm³/mol. The average molecular weight is 298 g/mol. The minimum absolute atomic E-state index is 0.521. The van der Waals surface area contributed by atoms with E-state index >= 15 is 0 Å². The minimum atomic E-state index is 0.521. The van der Waals surface area contributed by atoms with E-state index in [1.165, 1.54) is 16.7 Å². The first-order valence-corrected chi connectivity index (χ1v) is 7.78. The van der Waals surface area contributed by atoms with Crippen molar-refractivity contribution in [2.45, 2.75) is 13.3 Å². The second-order valence-electron chi connectivity index (χ2n) is 5.66. The third-order valence-electron chi connectivity index (χ3n) is 4.07. The van der Waals surface area contributed by atoms with Gasteiger partial charge in [0.1, 0.15) is 0 Å². The Kier molecular flexibility index (Phi) is 5.92. The molecule has 1 aliphatic rings. The molecule has 4 nitrogen and oxygen atoms in total. The number of hydrogen-bond acceptors (Lipinski definition) is 4. The summed E-state index contributed by atoms with van der Waals surface area (Å²) in [6.45, 7) is 3.41. The molecular weight excluding hydrogens is 272 g/mol. The molecule has 5 N–H and O–H groups in total. The molecule has 1 fully saturated rings. The highest BCUT2D eigenvalue weighted by Gasteiger charge is 2.40. The topological polar surface area (TPSA) is 77.0 Å². The van der Waals surface area contributed by atoms with Crippen LogP contribution in [0.25, 0.3) is 5.57 Å². The molecule has 22 heavy (non-hydrogen) atoms. The van der Waals surface area contributed by atoms with Crippen LogP contribution in [0.15, 0.2) is 54.0 Å². The van der Waals surface area contributed by atoms with Crippen LogP contribution in [0.4, 0.5) is 0 Å². The molecule has 1 heterocycles. The third kappa shape index (κ3) is 3.84. The van der Waals surface area contributed by atoms with E-state index in [2.05, 4.69) is 29.4 Å². The Balaban J connectivity index is 2.54. The van der Waals surface area contributed by atoms with E-state index in [1.54, 1.807) is 6.20 Å². The van der Waals surface area contributed by atoms with Crippen LogP contribution in [0, 0.1) is 11.8 Å². The molecule has 0 radical (unpaired) electrons. The summed E-state index contributed by atoms with van der Waals surface area (Å²) in [4.78, 5) is 4.26. The highest BCUT2D eigenvalue weighted by Crippen LogP contribution is 2.48. The molecule has 0 spiro atoms. The SMILES string of the molecule is CN/C=C(C)/C(=C(\C=C/CN)c1cccnc1)C1CC1CN. The van der Waals surface area contributed by atoms with Crippen molar-refractivity contribution in [3.8, 4) is 0 Å². The van der Waals surface area contributed by atoms with Crippen LogP contribution in [0.1, 0.15) is 18.9 Å². The van der Waals surface area contributed by atoms with Gasteiger partial charge in [0.25, 0.3) is 0 Å². The molecule has 1 aliphatic carbocycles. The van der Waals surface area contributed by atoms with E-state index in [4.69, 9.17) is 11.5 Å². The van der Waals surface area contributed by atoms with Gasteiger partial charge in [-0.25, -0.2) is 0 Å². The van der Waals surface area contributed by atoms with Gasteiger partial charge < -0.3 is 16.8 Å². The molecule has 1 aromatic heterocycles. The van der Waals surface area contributed by atoms with Gasteiger partial charge in [0.15, 0.2) is 0 Å². The van der Waals surface area contributed by atoms with Crippen LogP contribution >= 0.6 is 0 Å². The lowest BCUT2D eigenvalue weighted by Gasteiger charge is -2.15. The first-order valence-electron chi connectivity index (χ1n) is 7.78. The highest BCUT2D eigenvalue weighted by atomic mass is 14.8. The fourth-order valence-electron chi connectivity index (χ4n) is 2.91. The van der Waals surface area contributed by atoms with Crippen molar-refractivity contribution in [1.29, 1.82) is 0 Å². The first-order chi connectivity index (χ1) is 10.7. The van der Waals surface area contributed by atoms with E-state index in [-0.39, 0.29) is 0 Å². The summed E-state index contributed by atoms with van der Waals surface area (Å²) in [5.41, 5.74) is 16.4. The van der Waals surface area contributed by atoms with Gasteiger partial charge in [-0.15, -0.1) is 0 Å². The van der Waals surface area contributed by atoms with Crippen molar-refractivity contribution < 1.29 is 0 Å². The zero-order valence-corrected chi connectivity index (χ0v) is 13.4. The van der Waals surface area contributed by atoms with Crippen molar-refractivity contribution in [3.63, 3.8) is 0 Å². The lowest BCUT2D eigenvalue weighted by Crippen LogP contribution is -2.07. The van der Waals surface area contributed by atoms with Crippen molar-refractivity contribution in [1.82, 2.24) is 10.3 Å². The Bertz CT molecular complexity index is 572. The maximum absolute atomic E-state index is 5.87. The zero-order chi connectivity index (χ0) is 15.9. The summed E-state index contributed by atoms with van der Waals surface area (Å²) >= 11 is 0. The molecule has 0 amide bonds. The van der Waals surface area contributed by atoms with Crippen LogP contribution in [0.2, 0.25) is 0 Å². The summed E-state index contributed by atoms with van der Waals surface area (Å²) in [5, 5.41) is 3.13. The number of pyridine rings is 1. The number of allylic oxidation sites excluding steroid dienone is 4. The van der Waals surface area contributed by atoms with Crippen LogP contribution < -0.4 is 16.8 Å². The van der Waals surface area contributed by atoms with Gasteiger partial charge in [0.2, 0.25) is 0 Å². The van der Waals surface area contributed by atoms with E-state index in [9.17, 15) is 0 Å². The van der Waals surface area contributed by atoms with Gasteiger partial charge in [-0.2, -0.15) is 0 Å². The molecule has 118 valence electrons. The van der Waals surface area contributed by atoms with Gasteiger partial charge in [-0.3, -0.25) is 4.98 Å². The van der Waals surface area contributed by atoms with Crippen molar-refractivity contribution in [2.24, 2.45) is 23.3 Å². The molecule has 0 saturated heterocycles. The highest BCUT2D eigenvalue weighted by molar-refractivity contribution is 5.80. The number of nitrogens with zero attached hydrogens (tertiary/aromatic N) is 1. The summed E-state index contributed by atoms with van der Waals surface area (Å²) in [6.07, 6.45) is 11.0. The maximum Gasteiger partial charge on any atom is 0.0346 e. The van der Waals surface area contributed by atoms with Crippen LogP contribution in [0.3, 0.4) is 0 Å². The monoisotopic (exact) mass is 298 g/mol. The van der Waals surface area contributed by atoms with Crippen LogP contribution in [-0.4, -0.2) is 25.1 Å². The van der Waals surface area contributed by atoms with Gasteiger partial charge in [0, 0.05) is 31.5 Å². The zero-order valence-electron chi connectivity index (χ0n) is 13.4. The standard InChI is InChI=1S/C18H26N4/c1-13(11-21-2)18(17-9-15(17)10-20)16(6-3-7-19)14-5-4-8-22-12-14/h3-6,8,11-12,15,17,21H,7,9-10,19-20H2,1-2H3/b6-3-,13-11+,18-16-. The Morgan fingerprint density at radius 3 is 2.82 bits per heavy atom. The normalized spacial score (nSPS) is 22.6. The number of aromatic nitrogens is 1. The van der Waals surface area contributed by atoms with Crippen molar-refractivity contribution in [2.75, 3.05) is 20.1 Å². The average Bonchev–Trinajstić information content (AvgIpc) is 3.31. The van der Waals surface area contributed by atoms with E-state index in [0.29, 0.717) is 18.4 Å². The lowest BCUT2D eigenvalue weighted by molar-refractivity contribution is 0.779. The fourth-order valence-corrected chi connectivity index (χ4v) is 2.91. The number of nitrogens with one attached hydrogen (secondary N) is 1. The number of hydrogen-bond donors (Lipinski definition) is 3. The van der Waals surface area contributed by atoms with Gasteiger partial charge >= 0.3 is 0 Å².